The third-order valence-electron chi connectivity index (χ3n) is 4.02. The first-order valence-corrected chi connectivity index (χ1v) is 7.76. The molecule has 1 atom stereocenters. The van der Waals surface area contributed by atoms with Crippen LogP contribution in [0.5, 0.6) is 0 Å². The molecule has 1 aromatic carbocycles. The number of likely N-dealkylation sites (tertiary alicyclic amines) is 1. The normalized spacial score (nSPS) is 18.0. The molecule has 2 heterocycles. The van der Waals surface area contributed by atoms with Crippen LogP contribution in [0.25, 0.3) is 11.3 Å². The van der Waals surface area contributed by atoms with Crippen LogP contribution in [0, 0.1) is 5.92 Å². The number of aromatic nitrogens is 2. The van der Waals surface area contributed by atoms with Crippen LogP contribution in [-0.4, -0.2) is 45.2 Å². The fraction of sp³-hybridized carbons (Fsp3) is 0.312. The highest BCUT2D eigenvalue weighted by molar-refractivity contribution is 6.33. The summed E-state index contributed by atoms with van der Waals surface area (Å²) in [5.74, 6) is -1.59. The molecule has 1 aromatic heterocycles. The Morgan fingerprint density at radius 2 is 2.13 bits per heavy atom. The predicted octanol–water partition coefficient (Wildman–Crippen LogP) is 2.67. The van der Waals surface area contributed by atoms with E-state index < -0.39 is 11.9 Å². The van der Waals surface area contributed by atoms with Crippen molar-refractivity contribution in [3.63, 3.8) is 0 Å². The molecule has 0 saturated carbocycles. The molecule has 0 radical (unpaired) electrons. The number of hydrogen-bond donors (Lipinski definition) is 2. The van der Waals surface area contributed by atoms with Crippen molar-refractivity contribution in [2.75, 3.05) is 13.1 Å². The molecule has 7 heteroatoms. The number of carboxylic acid groups (broad SMARTS) is 1. The number of carbonyl (C=O) groups excluding carboxylic acids is 1. The van der Waals surface area contributed by atoms with Gasteiger partial charge in [-0.3, -0.25) is 14.7 Å². The molecule has 120 valence electrons. The van der Waals surface area contributed by atoms with Crippen LogP contribution in [0.1, 0.15) is 23.3 Å². The second kappa shape index (κ2) is 6.42. The maximum absolute atomic E-state index is 12.5. The van der Waals surface area contributed by atoms with Gasteiger partial charge in [-0.2, -0.15) is 5.10 Å². The number of aliphatic carboxylic acids is 1. The first-order valence-electron chi connectivity index (χ1n) is 7.38. The third-order valence-corrected chi connectivity index (χ3v) is 4.35. The summed E-state index contributed by atoms with van der Waals surface area (Å²) in [6.07, 6.45) is 1.29. The number of nitrogens with zero attached hydrogens (tertiary/aromatic N) is 2. The van der Waals surface area contributed by atoms with Crippen molar-refractivity contribution in [3.05, 3.63) is 41.0 Å². The molecule has 2 N–H and O–H groups in total. The highest BCUT2D eigenvalue weighted by Gasteiger charge is 2.29. The summed E-state index contributed by atoms with van der Waals surface area (Å²) in [4.78, 5) is 25.2. The van der Waals surface area contributed by atoms with Crippen molar-refractivity contribution in [2.24, 2.45) is 5.92 Å². The predicted molar refractivity (Wildman–Crippen MR) is 85.3 cm³/mol. The smallest absolute Gasteiger partial charge is 0.308 e. The molecule has 3 rings (SSSR count). The van der Waals surface area contributed by atoms with E-state index >= 15 is 0 Å². The summed E-state index contributed by atoms with van der Waals surface area (Å²) in [6.45, 7) is 0.789. The van der Waals surface area contributed by atoms with Gasteiger partial charge in [-0.05, 0) is 25.0 Å². The Morgan fingerprint density at radius 3 is 2.87 bits per heavy atom. The van der Waals surface area contributed by atoms with E-state index in [1.54, 1.807) is 17.0 Å². The lowest BCUT2D eigenvalue weighted by Gasteiger charge is -2.30. The molecule has 0 unspecified atom stereocenters. The fourth-order valence-electron chi connectivity index (χ4n) is 2.77. The van der Waals surface area contributed by atoms with Crippen LogP contribution < -0.4 is 0 Å². The zero-order valence-corrected chi connectivity index (χ0v) is 13.1. The van der Waals surface area contributed by atoms with E-state index in [0.29, 0.717) is 35.8 Å². The zero-order valence-electron chi connectivity index (χ0n) is 12.3. The van der Waals surface area contributed by atoms with E-state index in [-0.39, 0.29) is 12.5 Å². The molecule has 1 aliphatic rings. The van der Waals surface area contributed by atoms with Gasteiger partial charge in [-0.15, -0.1) is 0 Å². The van der Waals surface area contributed by atoms with Gasteiger partial charge >= 0.3 is 5.97 Å². The maximum atomic E-state index is 12.5. The van der Waals surface area contributed by atoms with Crippen molar-refractivity contribution in [1.82, 2.24) is 15.1 Å². The molecule has 0 bridgehead atoms. The molecule has 1 aliphatic heterocycles. The van der Waals surface area contributed by atoms with Gasteiger partial charge in [0.15, 0.2) is 0 Å². The lowest BCUT2D eigenvalue weighted by atomic mass is 9.98. The molecule has 2 aromatic rings. The second-order valence-electron chi connectivity index (χ2n) is 5.58. The van der Waals surface area contributed by atoms with Crippen molar-refractivity contribution >= 4 is 23.5 Å². The first kappa shape index (κ1) is 15.6. The third kappa shape index (κ3) is 3.22. The van der Waals surface area contributed by atoms with E-state index in [0.717, 1.165) is 5.56 Å². The molecule has 1 saturated heterocycles. The maximum Gasteiger partial charge on any atom is 0.308 e. The summed E-state index contributed by atoms with van der Waals surface area (Å²) in [5, 5.41) is 16.5. The Labute approximate surface area is 138 Å². The Balaban J connectivity index is 1.79. The quantitative estimate of drug-likeness (QED) is 0.904. The number of nitrogens with one attached hydrogen (secondary N) is 1. The SMILES string of the molecule is O=C(O)[C@@H]1CCCN(C(=O)c2cc(-c3ccccc3Cl)n[nH]2)C1. The van der Waals surface area contributed by atoms with Gasteiger partial charge in [0.2, 0.25) is 0 Å². The van der Waals surface area contributed by atoms with Gasteiger partial charge in [0.1, 0.15) is 5.69 Å². The highest BCUT2D eigenvalue weighted by atomic mass is 35.5. The van der Waals surface area contributed by atoms with Crippen LogP contribution in [-0.2, 0) is 4.79 Å². The fourth-order valence-corrected chi connectivity index (χ4v) is 3.00. The average molecular weight is 334 g/mol. The van der Waals surface area contributed by atoms with Gasteiger partial charge in [0.05, 0.1) is 16.6 Å². The Hall–Kier alpha value is -2.34. The van der Waals surface area contributed by atoms with Crippen molar-refractivity contribution in [3.8, 4) is 11.3 Å². The number of carboxylic acids is 1. The van der Waals surface area contributed by atoms with Crippen LogP contribution in [0.15, 0.2) is 30.3 Å². The minimum absolute atomic E-state index is 0.231. The molecule has 6 nitrogen and oxygen atoms in total. The Bertz CT molecular complexity index is 744. The number of H-pyrrole nitrogens is 1. The van der Waals surface area contributed by atoms with Gasteiger partial charge in [-0.25, -0.2) is 0 Å². The summed E-state index contributed by atoms with van der Waals surface area (Å²) < 4.78 is 0. The number of halogens is 1. The average Bonchev–Trinajstić information content (AvgIpc) is 3.04. The Kier molecular flexibility index (Phi) is 4.34. The molecule has 0 spiro atoms. The van der Waals surface area contributed by atoms with Crippen molar-refractivity contribution in [2.45, 2.75) is 12.8 Å². The minimum atomic E-state index is -0.858. The van der Waals surface area contributed by atoms with Crippen LogP contribution in [0.4, 0.5) is 0 Å². The molecule has 23 heavy (non-hydrogen) atoms. The number of carbonyl (C=O) groups is 2. The molecular weight excluding hydrogens is 318 g/mol. The lowest BCUT2D eigenvalue weighted by Crippen LogP contribution is -2.42. The molecule has 0 aliphatic carbocycles. The highest BCUT2D eigenvalue weighted by Crippen LogP contribution is 2.27. The van der Waals surface area contributed by atoms with E-state index in [1.807, 2.05) is 18.2 Å². The van der Waals surface area contributed by atoms with E-state index in [4.69, 9.17) is 16.7 Å². The number of aromatic amines is 1. The van der Waals surface area contributed by atoms with Crippen molar-refractivity contribution in [1.29, 1.82) is 0 Å². The summed E-state index contributed by atoms with van der Waals surface area (Å²) in [6, 6.07) is 8.90. The van der Waals surface area contributed by atoms with Gasteiger partial charge in [-0.1, -0.05) is 29.8 Å². The number of amides is 1. The lowest BCUT2D eigenvalue weighted by molar-refractivity contribution is -0.143. The molecule has 1 amide bonds. The zero-order chi connectivity index (χ0) is 16.4. The molecular formula is C16H16ClN3O3. The summed E-state index contributed by atoms with van der Waals surface area (Å²) in [7, 11) is 0. The van der Waals surface area contributed by atoms with E-state index in [2.05, 4.69) is 10.2 Å². The largest absolute Gasteiger partial charge is 0.481 e. The van der Waals surface area contributed by atoms with Crippen LogP contribution in [0.3, 0.4) is 0 Å². The number of benzene rings is 1. The number of hydrogen-bond acceptors (Lipinski definition) is 3. The second-order valence-corrected chi connectivity index (χ2v) is 5.98. The standard InChI is InChI=1S/C16H16ClN3O3/c17-12-6-2-1-5-11(12)13-8-14(19-18-13)15(21)20-7-3-4-10(9-20)16(22)23/h1-2,5-6,8,10H,3-4,7,9H2,(H,18,19)(H,22,23)/t10-/m1/s1. The van der Waals surface area contributed by atoms with E-state index in [9.17, 15) is 9.59 Å². The van der Waals surface area contributed by atoms with Gasteiger partial charge in [0.25, 0.3) is 5.91 Å². The van der Waals surface area contributed by atoms with Gasteiger partial charge in [0, 0.05) is 18.7 Å². The Morgan fingerprint density at radius 1 is 1.35 bits per heavy atom. The van der Waals surface area contributed by atoms with E-state index in [1.165, 1.54) is 0 Å². The van der Waals surface area contributed by atoms with Crippen LogP contribution >= 0.6 is 11.6 Å². The minimum Gasteiger partial charge on any atom is -0.481 e. The van der Waals surface area contributed by atoms with Gasteiger partial charge < -0.3 is 10.0 Å². The first-order chi connectivity index (χ1) is 11.1. The monoisotopic (exact) mass is 333 g/mol. The number of piperidine rings is 1. The van der Waals surface area contributed by atoms with Crippen LogP contribution in [0.2, 0.25) is 5.02 Å². The summed E-state index contributed by atoms with van der Waals surface area (Å²) in [5.41, 5.74) is 1.67. The topological polar surface area (TPSA) is 86.3 Å². The number of rotatable bonds is 3. The molecule has 1 fully saturated rings. The summed E-state index contributed by atoms with van der Waals surface area (Å²) >= 11 is 6.14. The van der Waals surface area contributed by atoms with Crippen molar-refractivity contribution < 1.29 is 14.7 Å².